The first kappa shape index (κ1) is 13.4. The van der Waals surface area contributed by atoms with Crippen molar-refractivity contribution in [2.75, 3.05) is 0 Å². The van der Waals surface area contributed by atoms with E-state index >= 15 is 0 Å². The van der Waals surface area contributed by atoms with Crippen molar-refractivity contribution in [3.05, 3.63) is 65.6 Å². The molecule has 0 aliphatic carbocycles. The zero-order valence-electron chi connectivity index (χ0n) is 10.1. The second-order valence-electron chi connectivity index (χ2n) is 4.01. The molecule has 0 amide bonds. The van der Waals surface area contributed by atoms with Gasteiger partial charge >= 0.3 is 6.61 Å². The highest BCUT2D eigenvalue weighted by molar-refractivity contribution is 5.41. The van der Waals surface area contributed by atoms with E-state index in [1.54, 1.807) is 18.8 Å². The van der Waals surface area contributed by atoms with Crippen LogP contribution >= 0.6 is 0 Å². The molecule has 0 saturated heterocycles. The molecule has 0 N–H and O–H groups in total. The Bertz CT molecular complexity index is 572. The lowest BCUT2D eigenvalue weighted by molar-refractivity contribution is -0.0522. The molecule has 0 bridgehead atoms. The third-order valence-corrected chi connectivity index (χ3v) is 2.40. The molecule has 2 nitrogen and oxygen atoms in total. The number of ether oxygens (including phenoxy) is 1. The van der Waals surface area contributed by atoms with Crippen LogP contribution in [0.15, 0.2) is 36.7 Å². The van der Waals surface area contributed by atoms with E-state index in [1.807, 2.05) is 13.0 Å². The third-order valence-electron chi connectivity index (χ3n) is 2.40. The molecule has 5 heteroatoms. The molecule has 0 unspecified atom stereocenters. The standard InChI is InChI=1S/C14H11F3NO/c1-9-4-11(8-18-7-9)5-10-2-3-12(15)13(6-10)19-14(16)17/h2-8,14H,1H3. The highest BCUT2D eigenvalue weighted by Gasteiger charge is 2.11. The summed E-state index contributed by atoms with van der Waals surface area (Å²) in [5, 5.41) is 0. The van der Waals surface area contributed by atoms with Crippen LogP contribution in [-0.4, -0.2) is 11.6 Å². The molecule has 0 aliphatic rings. The van der Waals surface area contributed by atoms with Gasteiger partial charge in [-0.1, -0.05) is 12.1 Å². The molecule has 0 fully saturated rings. The largest absolute Gasteiger partial charge is 0.432 e. The van der Waals surface area contributed by atoms with Crippen LogP contribution in [0.3, 0.4) is 0 Å². The number of alkyl halides is 2. The van der Waals surface area contributed by atoms with Crippen LogP contribution < -0.4 is 4.74 Å². The average Bonchev–Trinajstić information content (AvgIpc) is 2.33. The Kier molecular flexibility index (Phi) is 4.04. The summed E-state index contributed by atoms with van der Waals surface area (Å²) >= 11 is 0. The average molecular weight is 266 g/mol. The van der Waals surface area contributed by atoms with Gasteiger partial charge in [-0.05, 0) is 35.7 Å². The van der Waals surface area contributed by atoms with Crippen molar-refractivity contribution in [1.82, 2.24) is 4.98 Å². The summed E-state index contributed by atoms with van der Waals surface area (Å²) in [5.41, 5.74) is 2.33. The van der Waals surface area contributed by atoms with Gasteiger partial charge in [-0.3, -0.25) is 4.98 Å². The van der Waals surface area contributed by atoms with Gasteiger partial charge in [-0.2, -0.15) is 8.78 Å². The summed E-state index contributed by atoms with van der Waals surface area (Å²) < 4.78 is 41.6. The van der Waals surface area contributed by atoms with Gasteiger partial charge in [-0.15, -0.1) is 0 Å². The molecule has 0 atom stereocenters. The molecule has 1 heterocycles. The number of benzene rings is 1. The van der Waals surface area contributed by atoms with E-state index in [0.717, 1.165) is 17.2 Å². The Labute approximate surface area is 108 Å². The van der Waals surface area contributed by atoms with Crippen LogP contribution in [0.1, 0.15) is 16.7 Å². The molecule has 99 valence electrons. The lowest BCUT2D eigenvalue weighted by atomic mass is 10.1. The number of halogens is 3. The van der Waals surface area contributed by atoms with Crippen LogP contribution in [0.25, 0.3) is 0 Å². The van der Waals surface area contributed by atoms with E-state index in [9.17, 15) is 13.2 Å². The first-order valence-corrected chi connectivity index (χ1v) is 5.55. The van der Waals surface area contributed by atoms with Crippen molar-refractivity contribution in [3.8, 4) is 5.75 Å². The second kappa shape index (κ2) is 5.73. The Morgan fingerprint density at radius 3 is 2.63 bits per heavy atom. The predicted molar refractivity (Wildman–Crippen MR) is 64.5 cm³/mol. The first-order chi connectivity index (χ1) is 9.04. The number of hydrogen-bond acceptors (Lipinski definition) is 2. The van der Waals surface area contributed by atoms with Crippen molar-refractivity contribution in [3.63, 3.8) is 0 Å². The number of nitrogens with zero attached hydrogens (tertiary/aromatic N) is 1. The van der Waals surface area contributed by atoms with Crippen LogP contribution in [0.2, 0.25) is 0 Å². The molecule has 1 radical (unpaired) electrons. The zero-order valence-corrected chi connectivity index (χ0v) is 10.1. The van der Waals surface area contributed by atoms with Crippen molar-refractivity contribution >= 4 is 0 Å². The van der Waals surface area contributed by atoms with Crippen LogP contribution in [0.5, 0.6) is 5.75 Å². The van der Waals surface area contributed by atoms with Gasteiger partial charge in [0, 0.05) is 18.8 Å². The summed E-state index contributed by atoms with van der Waals surface area (Å²) in [7, 11) is 0. The topological polar surface area (TPSA) is 22.1 Å². The third kappa shape index (κ3) is 3.71. The maximum absolute atomic E-state index is 13.2. The minimum atomic E-state index is -3.05. The van der Waals surface area contributed by atoms with Gasteiger partial charge in [0.25, 0.3) is 0 Å². The van der Waals surface area contributed by atoms with Crippen molar-refractivity contribution < 1.29 is 17.9 Å². The van der Waals surface area contributed by atoms with E-state index in [4.69, 9.17) is 0 Å². The molecule has 0 spiro atoms. The Morgan fingerprint density at radius 1 is 1.16 bits per heavy atom. The number of pyridine rings is 1. The molecule has 2 rings (SSSR count). The van der Waals surface area contributed by atoms with Crippen LogP contribution in [0.4, 0.5) is 13.2 Å². The summed E-state index contributed by atoms with van der Waals surface area (Å²) in [6.45, 7) is -1.16. The molecular formula is C14H11F3NO. The Balaban J connectivity index is 2.21. The van der Waals surface area contributed by atoms with E-state index in [-0.39, 0.29) is 0 Å². The smallest absolute Gasteiger partial charge is 0.387 e. The highest BCUT2D eigenvalue weighted by Crippen LogP contribution is 2.23. The van der Waals surface area contributed by atoms with Gasteiger partial charge in [0.2, 0.25) is 0 Å². The van der Waals surface area contributed by atoms with E-state index in [0.29, 0.717) is 5.56 Å². The second-order valence-corrected chi connectivity index (χ2v) is 4.01. The van der Waals surface area contributed by atoms with E-state index in [2.05, 4.69) is 9.72 Å². The predicted octanol–water partition coefficient (Wildman–Crippen LogP) is 3.73. The SMILES string of the molecule is Cc1cncc([CH]c2ccc(F)c(OC(F)F)c2)c1. The molecule has 19 heavy (non-hydrogen) atoms. The maximum atomic E-state index is 13.2. The van der Waals surface area contributed by atoms with Crippen LogP contribution in [-0.2, 0) is 0 Å². The quantitative estimate of drug-likeness (QED) is 0.841. The fourth-order valence-corrected chi connectivity index (χ4v) is 1.65. The number of hydrogen-bond donors (Lipinski definition) is 0. The number of rotatable bonds is 4. The fraction of sp³-hybridized carbons (Fsp3) is 0.143. The fourth-order valence-electron chi connectivity index (χ4n) is 1.65. The van der Waals surface area contributed by atoms with Gasteiger partial charge in [0.05, 0.1) is 0 Å². The summed E-state index contributed by atoms with van der Waals surface area (Å²) in [5.74, 6) is -1.29. The minimum absolute atomic E-state index is 0.468. The number of aromatic nitrogens is 1. The lowest BCUT2D eigenvalue weighted by Crippen LogP contribution is -2.04. The molecule has 1 aromatic carbocycles. The molecule has 0 aliphatic heterocycles. The van der Waals surface area contributed by atoms with Crippen molar-refractivity contribution in [2.45, 2.75) is 13.5 Å². The number of aryl methyl sites for hydroxylation is 1. The highest BCUT2D eigenvalue weighted by atomic mass is 19.3. The van der Waals surface area contributed by atoms with Gasteiger partial charge in [-0.25, -0.2) is 4.39 Å². The van der Waals surface area contributed by atoms with Gasteiger partial charge in [0.1, 0.15) is 0 Å². The first-order valence-electron chi connectivity index (χ1n) is 5.55. The normalized spacial score (nSPS) is 10.8. The summed E-state index contributed by atoms with van der Waals surface area (Å²) in [6, 6.07) is 5.68. The molecule has 1 aromatic heterocycles. The lowest BCUT2D eigenvalue weighted by Gasteiger charge is -2.08. The summed E-state index contributed by atoms with van der Waals surface area (Å²) in [6.07, 6.45) is 5.04. The summed E-state index contributed by atoms with van der Waals surface area (Å²) in [4.78, 5) is 4.01. The van der Waals surface area contributed by atoms with E-state index in [1.165, 1.54) is 12.1 Å². The van der Waals surface area contributed by atoms with E-state index < -0.39 is 18.2 Å². The zero-order chi connectivity index (χ0) is 13.8. The monoisotopic (exact) mass is 266 g/mol. The van der Waals surface area contributed by atoms with Crippen molar-refractivity contribution in [2.24, 2.45) is 0 Å². The maximum Gasteiger partial charge on any atom is 0.387 e. The molecular weight excluding hydrogens is 255 g/mol. The minimum Gasteiger partial charge on any atom is -0.432 e. The Morgan fingerprint density at radius 2 is 1.95 bits per heavy atom. The van der Waals surface area contributed by atoms with Gasteiger partial charge < -0.3 is 4.74 Å². The molecule has 2 aromatic rings. The molecule has 0 saturated carbocycles. The van der Waals surface area contributed by atoms with Crippen molar-refractivity contribution in [1.29, 1.82) is 0 Å². The van der Waals surface area contributed by atoms with Gasteiger partial charge in [0.15, 0.2) is 11.6 Å². The van der Waals surface area contributed by atoms with Crippen LogP contribution in [0, 0.1) is 19.2 Å². The Hall–Kier alpha value is -2.04.